The first-order valence-corrected chi connectivity index (χ1v) is 7.20. The van der Waals surface area contributed by atoms with E-state index in [1.54, 1.807) is 14.0 Å². The standard InChI is InChI=1S/C16H25NO4/c1-5-10-17-16(3,15(18)19)11-12(2)21-14-8-6-13(20-4)7-9-14/h6-9,12,17H,5,10-11H2,1-4H3,(H,18,19). The van der Waals surface area contributed by atoms with E-state index in [2.05, 4.69) is 5.32 Å². The van der Waals surface area contributed by atoms with Crippen LogP contribution < -0.4 is 14.8 Å². The molecule has 0 aliphatic rings. The highest BCUT2D eigenvalue weighted by Crippen LogP contribution is 2.21. The molecule has 0 amide bonds. The molecule has 2 atom stereocenters. The van der Waals surface area contributed by atoms with Crippen LogP contribution in [0.25, 0.3) is 0 Å². The van der Waals surface area contributed by atoms with E-state index in [1.807, 2.05) is 38.1 Å². The van der Waals surface area contributed by atoms with Crippen LogP contribution in [0.2, 0.25) is 0 Å². The smallest absolute Gasteiger partial charge is 0.323 e. The van der Waals surface area contributed by atoms with Crippen molar-refractivity contribution in [2.24, 2.45) is 0 Å². The predicted octanol–water partition coefficient (Wildman–Crippen LogP) is 2.70. The number of nitrogens with one attached hydrogen (secondary N) is 1. The van der Waals surface area contributed by atoms with Crippen molar-refractivity contribution in [3.05, 3.63) is 24.3 Å². The minimum Gasteiger partial charge on any atom is -0.497 e. The first kappa shape index (κ1) is 17.3. The lowest BCUT2D eigenvalue weighted by Gasteiger charge is -2.29. The van der Waals surface area contributed by atoms with Gasteiger partial charge in [-0.2, -0.15) is 0 Å². The summed E-state index contributed by atoms with van der Waals surface area (Å²) in [7, 11) is 1.61. The number of ether oxygens (including phenoxy) is 2. The Labute approximate surface area is 126 Å². The number of rotatable bonds is 9. The first-order valence-electron chi connectivity index (χ1n) is 7.20. The maximum Gasteiger partial charge on any atom is 0.323 e. The van der Waals surface area contributed by atoms with Gasteiger partial charge in [0.25, 0.3) is 0 Å². The number of methoxy groups -OCH3 is 1. The van der Waals surface area contributed by atoms with Crippen molar-refractivity contribution < 1.29 is 19.4 Å². The highest BCUT2D eigenvalue weighted by Gasteiger charge is 2.34. The second kappa shape index (κ2) is 7.88. The summed E-state index contributed by atoms with van der Waals surface area (Å²) in [6.07, 6.45) is 1.05. The largest absolute Gasteiger partial charge is 0.497 e. The van der Waals surface area contributed by atoms with Gasteiger partial charge in [-0.3, -0.25) is 4.79 Å². The Morgan fingerprint density at radius 1 is 1.33 bits per heavy atom. The van der Waals surface area contributed by atoms with Crippen LogP contribution in [0.5, 0.6) is 11.5 Å². The van der Waals surface area contributed by atoms with Gasteiger partial charge in [0.1, 0.15) is 17.0 Å². The molecule has 1 aromatic carbocycles. The lowest BCUT2D eigenvalue weighted by Crippen LogP contribution is -2.52. The number of hydrogen-bond acceptors (Lipinski definition) is 4. The molecular formula is C16H25NO4. The number of carboxylic acids is 1. The van der Waals surface area contributed by atoms with Gasteiger partial charge in [0.15, 0.2) is 0 Å². The average molecular weight is 295 g/mol. The lowest BCUT2D eigenvalue weighted by atomic mass is 9.94. The molecule has 1 aromatic rings. The molecule has 0 fully saturated rings. The van der Waals surface area contributed by atoms with Gasteiger partial charge in [0.05, 0.1) is 13.2 Å². The van der Waals surface area contributed by atoms with Gasteiger partial charge in [-0.05, 0) is 51.1 Å². The molecule has 0 spiro atoms. The quantitative estimate of drug-likeness (QED) is 0.733. The number of aliphatic carboxylic acids is 1. The van der Waals surface area contributed by atoms with E-state index < -0.39 is 11.5 Å². The van der Waals surface area contributed by atoms with Gasteiger partial charge in [-0.15, -0.1) is 0 Å². The van der Waals surface area contributed by atoms with E-state index in [0.29, 0.717) is 18.7 Å². The predicted molar refractivity (Wildman–Crippen MR) is 82.0 cm³/mol. The minimum atomic E-state index is -0.984. The first-order chi connectivity index (χ1) is 9.91. The maximum absolute atomic E-state index is 11.5. The molecule has 118 valence electrons. The highest BCUT2D eigenvalue weighted by atomic mass is 16.5. The van der Waals surface area contributed by atoms with Crippen molar-refractivity contribution >= 4 is 5.97 Å². The molecule has 5 nitrogen and oxygen atoms in total. The van der Waals surface area contributed by atoms with E-state index >= 15 is 0 Å². The van der Waals surface area contributed by atoms with Crippen molar-refractivity contribution in [3.63, 3.8) is 0 Å². The summed E-state index contributed by atoms with van der Waals surface area (Å²) in [5.74, 6) is 0.600. The van der Waals surface area contributed by atoms with Gasteiger partial charge in [0.2, 0.25) is 0 Å². The summed E-state index contributed by atoms with van der Waals surface area (Å²) in [4.78, 5) is 11.5. The molecular weight excluding hydrogens is 270 g/mol. The Bertz CT molecular complexity index is 446. The summed E-state index contributed by atoms with van der Waals surface area (Å²) < 4.78 is 10.9. The van der Waals surface area contributed by atoms with E-state index in [4.69, 9.17) is 9.47 Å². The zero-order chi connectivity index (χ0) is 15.9. The van der Waals surface area contributed by atoms with E-state index in [0.717, 1.165) is 12.2 Å². The summed E-state index contributed by atoms with van der Waals surface area (Å²) in [6, 6.07) is 7.25. The van der Waals surface area contributed by atoms with Gasteiger partial charge in [-0.25, -0.2) is 0 Å². The van der Waals surface area contributed by atoms with Crippen molar-refractivity contribution in [2.45, 2.75) is 45.3 Å². The second-order valence-corrected chi connectivity index (χ2v) is 5.37. The number of carbonyl (C=O) groups is 1. The van der Waals surface area contributed by atoms with Crippen LogP contribution in [-0.2, 0) is 4.79 Å². The molecule has 0 saturated heterocycles. The Hall–Kier alpha value is -1.75. The van der Waals surface area contributed by atoms with Crippen molar-refractivity contribution in [1.82, 2.24) is 5.32 Å². The molecule has 2 unspecified atom stereocenters. The lowest BCUT2D eigenvalue weighted by molar-refractivity contribution is -0.145. The van der Waals surface area contributed by atoms with Crippen LogP contribution in [0.15, 0.2) is 24.3 Å². The molecule has 0 bridgehead atoms. The van der Waals surface area contributed by atoms with Gasteiger partial charge in [0, 0.05) is 6.42 Å². The minimum absolute atomic E-state index is 0.219. The number of benzene rings is 1. The van der Waals surface area contributed by atoms with Crippen LogP contribution in [-0.4, -0.2) is 36.4 Å². The fourth-order valence-corrected chi connectivity index (χ4v) is 2.14. The molecule has 0 aromatic heterocycles. The molecule has 21 heavy (non-hydrogen) atoms. The van der Waals surface area contributed by atoms with Gasteiger partial charge in [-0.1, -0.05) is 6.92 Å². The van der Waals surface area contributed by atoms with Crippen LogP contribution in [0.1, 0.15) is 33.6 Å². The fourth-order valence-electron chi connectivity index (χ4n) is 2.14. The summed E-state index contributed by atoms with van der Waals surface area (Å²) in [5.41, 5.74) is -0.984. The fraction of sp³-hybridized carbons (Fsp3) is 0.562. The van der Waals surface area contributed by atoms with E-state index in [-0.39, 0.29) is 6.10 Å². The van der Waals surface area contributed by atoms with Crippen LogP contribution in [0, 0.1) is 0 Å². The van der Waals surface area contributed by atoms with E-state index in [1.165, 1.54) is 0 Å². The maximum atomic E-state index is 11.5. The Morgan fingerprint density at radius 3 is 2.38 bits per heavy atom. The Kier molecular flexibility index (Phi) is 6.49. The summed E-state index contributed by atoms with van der Waals surface area (Å²) in [6.45, 7) is 6.24. The SMILES string of the molecule is CCCNC(C)(CC(C)Oc1ccc(OC)cc1)C(=O)O. The molecule has 0 heterocycles. The molecule has 0 radical (unpaired) electrons. The average Bonchev–Trinajstić information content (AvgIpc) is 2.45. The molecule has 0 aliphatic carbocycles. The third-order valence-corrected chi connectivity index (χ3v) is 3.33. The summed E-state index contributed by atoms with van der Waals surface area (Å²) >= 11 is 0. The summed E-state index contributed by atoms with van der Waals surface area (Å²) in [5, 5.41) is 12.5. The van der Waals surface area contributed by atoms with Gasteiger partial charge < -0.3 is 19.9 Å². The molecule has 5 heteroatoms. The van der Waals surface area contributed by atoms with Crippen LogP contribution in [0.3, 0.4) is 0 Å². The monoisotopic (exact) mass is 295 g/mol. The van der Waals surface area contributed by atoms with Crippen molar-refractivity contribution in [1.29, 1.82) is 0 Å². The van der Waals surface area contributed by atoms with Crippen LogP contribution >= 0.6 is 0 Å². The molecule has 0 aliphatic heterocycles. The van der Waals surface area contributed by atoms with Gasteiger partial charge >= 0.3 is 5.97 Å². The number of hydrogen-bond donors (Lipinski definition) is 2. The molecule has 2 N–H and O–H groups in total. The third-order valence-electron chi connectivity index (χ3n) is 3.33. The number of carboxylic acid groups (broad SMARTS) is 1. The Balaban J connectivity index is 2.64. The molecule has 1 rings (SSSR count). The van der Waals surface area contributed by atoms with Crippen molar-refractivity contribution in [2.75, 3.05) is 13.7 Å². The highest BCUT2D eigenvalue weighted by molar-refractivity contribution is 5.78. The topological polar surface area (TPSA) is 67.8 Å². The van der Waals surface area contributed by atoms with Crippen molar-refractivity contribution in [3.8, 4) is 11.5 Å². The Morgan fingerprint density at radius 2 is 1.90 bits per heavy atom. The third kappa shape index (κ3) is 5.27. The second-order valence-electron chi connectivity index (χ2n) is 5.37. The van der Waals surface area contributed by atoms with Crippen LogP contribution in [0.4, 0.5) is 0 Å². The normalized spacial score (nSPS) is 15.0. The zero-order valence-electron chi connectivity index (χ0n) is 13.2. The molecule has 0 saturated carbocycles. The zero-order valence-corrected chi connectivity index (χ0v) is 13.2. The van der Waals surface area contributed by atoms with E-state index in [9.17, 15) is 9.90 Å².